The fourth-order valence-corrected chi connectivity index (χ4v) is 2.18. The minimum Gasteiger partial charge on any atom is -0.378 e. The molecule has 1 heterocycles. The van der Waals surface area contributed by atoms with Gasteiger partial charge in [0.2, 0.25) is 0 Å². The van der Waals surface area contributed by atoms with E-state index in [0.717, 1.165) is 5.56 Å². The van der Waals surface area contributed by atoms with Crippen molar-refractivity contribution in [2.24, 2.45) is 0 Å². The van der Waals surface area contributed by atoms with Gasteiger partial charge in [0.05, 0.1) is 5.75 Å². The molecule has 1 atom stereocenters. The molecule has 1 N–H and O–H groups in total. The molecular formula is C14H18N2O2S. The van der Waals surface area contributed by atoms with E-state index in [1.54, 1.807) is 11.8 Å². The Morgan fingerprint density at radius 2 is 1.95 bits per heavy atom. The van der Waals surface area contributed by atoms with Crippen molar-refractivity contribution in [3.63, 3.8) is 0 Å². The first-order valence-electron chi connectivity index (χ1n) is 6.15. The lowest BCUT2D eigenvalue weighted by molar-refractivity contribution is 0.170. The number of benzene rings is 1. The number of hydrogen-bond donors (Lipinski definition) is 1. The van der Waals surface area contributed by atoms with E-state index in [0.29, 0.717) is 11.6 Å². The van der Waals surface area contributed by atoms with Crippen LogP contribution in [0.5, 0.6) is 0 Å². The highest BCUT2D eigenvalue weighted by Crippen LogP contribution is 2.27. The maximum atomic E-state index is 10.1. The van der Waals surface area contributed by atoms with Crippen molar-refractivity contribution in [3.8, 4) is 0 Å². The van der Waals surface area contributed by atoms with Crippen LogP contribution in [-0.4, -0.2) is 20.0 Å². The average Bonchev–Trinajstić information content (AvgIpc) is 2.84. The van der Waals surface area contributed by atoms with Crippen LogP contribution in [0, 0.1) is 0 Å². The lowest BCUT2D eigenvalue weighted by atomic mass is 10.1. The lowest BCUT2D eigenvalue weighted by Crippen LogP contribution is -2.08. The molecule has 102 valence electrons. The van der Waals surface area contributed by atoms with Gasteiger partial charge >= 0.3 is 0 Å². The average molecular weight is 278 g/mol. The molecule has 0 fully saturated rings. The Morgan fingerprint density at radius 1 is 1.26 bits per heavy atom. The molecule has 19 heavy (non-hydrogen) atoms. The molecule has 0 amide bonds. The molecule has 2 rings (SSSR count). The van der Waals surface area contributed by atoms with Gasteiger partial charge in [0.25, 0.3) is 5.89 Å². The third-order valence-corrected chi connectivity index (χ3v) is 3.74. The molecule has 0 aliphatic carbocycles. The Labute approximate surface area is 117 Å². The molecule has 0 saturated heterocycles. The fourth-order valence-electron chi connectivity index (χ4n) is 1.50. The van der Waals surface area contributed by atoms with Gasteiger partial charge in [-0.2, -0.15) is 4.98 Å². The zero-order chi connectivity index (χ0) is 13.9. The minimum atomic E-state index is -0.859. The van der Waals surface area contributed by atoms with E-state index in [4.69, 9.17) is 4.52 Å². The molecule has 2 aromatic rings. The molecule has 0 aliphatic rings. The maximum Gasteiger partial charge on any atom is 0.260 e. The van der Waals surface area contributed by atoms with Gasteiger partial charge in [0, 0.05) is 4.75 Å². The highest BCUT2D eigenvalue weighted by atomic mass is 32.2. The van der Waals surface area contributed by atoms with Gasteiger partial charge in [-0.15, -0.1) is 11.8 Å². The quantitative estimate of drug-likeness (QED) is 0.930. The molecule has 0 spiro atoms. The van der Waals surface area contributed by atoms with Crippen LogP contribution in [0.4, 0.5) is 0 Å². The molecule has 4 nitrogen and oxygen atoms in total. The molecule has 0 aliphatic heterocycles. The van der Waals surface area contributed by atoms with E-state index in [9.17, 15) is 5.11 Å². The fraction of sp³-hybridized carbons (Fsp3) is 0.429. The van der Waals surface area contributed by atoms with Gasteiger partial charge in [-0.25, -0.2) is 0 Å². The van der Waals surface area contributed by atoms with Gasteiger partial charge in [-0.3, -0.25) is 0 Å². The molecule has 1 aromatic heterocycles. The zero-order valence-corrected chi connectivity index (χ0v) is 12.1. The number of aromatic nitrogens is 2. The standard InChI is InChI=1S/C14H18N2O2S/c1-14(2,3)19-9-11-15-13(18-16-11)12(17)10-7-5-4-6-8-10/h4-8,12,17H,9H2,1-3H3. The van der Waals surface area contributed by atoms with Gasteiger partial charge in [0.15, 0.2) is 11.9 Å². The van der Waals surface area contributed by atoms with Gasteiger partial charge in [0.1, 0.15) is 0 Å². The number of nitrogens with zero attached hydrogens (tertiary/aromatic N) is 2. The Kier molecular flexibility index (Phi) is 4.27. The largest absolute Gasteiger partial charge is 0.378 e. The van der Waals surface area contributed by atoms with Crippen LogP contribution in [0.3, 0.4) is 0 Å². The van der Waals surface area contributed by atoms with E-state index in [2.05, 4.69) is 30.9 Å². The first-order valence-corrected chi connectivity index (χ1v) is 7.14. The molecule has 1 unspecified atom stereocenters. The maximum absolute atomic E-state index is 10.1. The summed E-state index contributed by atoms with van der Waals surface area (Å²) in [7, 11) is 0. The van der Waals surface area contributed by atoms with E-state index in [1.165, 1.54) is 0 Å². The third-order valence-electron chi connectivity index (χ3n) is 2.47. The van der Waals surface area contributed by atoms with Crippen LogP contribution in [0.2, 0.25) is 0 Å². The Morgan fingerprint density at radius 3 is 2.58 bits per heavy atom. The second-order valence-corrected chi connectivity index (χ2v) is 7.07. The number of aliphatic hydroxyl groups is 1. The van der Waals surface area contributed by atoms with E-state index < -0.39 is 6.10 Å². The molecule has 0 saturated carbocycles. The lowest BCUT2D eigenvalue weighted by Gasteiger charge is -2.15. The number of hydrogen-bond acceptors (Lipinski definition) is 5. The summed E-state index contributed by atoms with van der Waals surface area (Å²) in [5.41, 5.74) is 0.751. The minimum absolute atomic E-state index is 0.152. The summed E-state index contributed by atoms with van der Waals surface area (Å²) in [6.07, 6.45) is -0.859. The normalized spacial score (nSPS) is 13.5. The first-order chi connectivity index (χ1) is 8.96. The predicted molar refractivity (Wildman–Crippen MR) is 75.8 cm³/mol. The smallest absolute Gasteiger partial charge is 0.260 e. The molecule has 1 aromatic carbocycles. The van der Waals surface area contributed by atoms with Crippen molar-refractivity contribution >= 4 is 11.8 Å². The van der Waals surface area contributed by atoms with E-state index in [-0.39, 0.29) is 10.6 Å². The van der Waals surface area contributed by atoms with Gasteiger partial charge in [-0.1, -0.05) is 56.3 Å². The topological polar surface area (TPSA) is 59.2 Å². The number of aliphatic hydroxyl groups excluding tert-OH is 1. The first kappa shape index (κ1) is 14.1. The number of rotatable bonds is 4. The Hall–Kier alpha value is -1.33. The molecule has 0 radical (unpaired) electrons. The summed E-state index contributed by atoms with van der Waals surface area (Å²) in [6, 6.07) is 9.29. The summed E-state index contributed by atoms with van der Waals surface area (Å²) in [5, 5.41) is 14.0. The second kappa shape index (κ2) is 5.75. The van der Waals surface area contributed by atoms with Crippen molar-refractivity contribution in [2.75, 3.05) is 0 Å². The van der Waals surface area contributed by atoms with E-state index >= 15 is 0 Å². The van der Waals surface area contributed by atoms with Crippen LogP contribution in [-0.2, 0) is 5.75 Å². The SMILES string of the molecule is CC(C)(C)SCc1noc(C(O)c2ccccc2)n1. The number of thioether (sulfide) groups is 1. The van der Waals surface area contributed by atoms with Crippen molar-refractivity contribution in [2.45, 2.75) is 37.4 Å². The highest BCUT2D eigenvalue weighted by molar-refractivity contribution is 7.99. The van der Waals surface area contributed by atoms with Crippen molar-refractivity contribution in [1.29, 1.82) is 0 Å². The molecule has 0 bridgehead atoms. The Balaban J connectivity index is 2.05. The summed E-state index contributed by atoms with van der Waals surface area (Å²) in [6.45, 7) is 6.41. The van der Waals surface area contributed by atoms with E-state index in [1.807, 2.05) is 30.3 Å². The van der Waals surface area contributed by atoms with Crippen LogP contribution >= 0.6 is 11.8 Å². The predicted octanol–water partition coefficient (Wildman–Crippen LogP) is 3.18. The third kappa shape index (κ3) is 4.08. The summed E-state index contributed by atoms with van der Waals surface area (Å²) < 4.78 is 5.27. The van der Waals surface area contributed by atoms with Crippen LogP contribution < -0.4 is 0 Å². The van der Waals surface area contributed by atoms with Crippen LogP contribution in [0.1, 0.15) is 44.2 Å². The molecule has 5 heteroatoms. The summed E-state index contributed by atoms with van der Waals surface area (Å²) >= 11 is 1.74. The van der Waals surface area contributed by atoms with Crippen molar-refractivity contribution < 1.29 is 9.63 Å². The second-order valence-electron chi connectivity index (χ2n) is 5.26. The monoisotopic (exact) mass is 278 g/mol. The van der Waals surface area contributed by atoms with Crippen LogP contribution in [0.25, 0.3) is 0 Å². The van der Waals surface area contributed by atoms with Crippen LogP contribution in [0.15, 0.2) is 34.9 Å². The summed E-state index contributed by atoms with van der Waals surface area (Å²) in [4.78, 5) is 4.24. The van der Waals surface area contributed by atoms with Crippen molar-refractivity contribution in [3.05, 3.63) is 47.6 Å². The summed E-state index contributed by atoms with van der Waals surface area (Å²) in [5.74, 6) is 1.54. The Bertz CT molecular complexity index is 520. The highest BCUT2D eigenvalue weighted by Gasteiger charge is 2.19. The zero-order valence-electron chi connectivity index (χ0n) is 11.3. The van der Waals surface area contributed by atoms with Gasteiger partial charge in [-0.05, 0) is 5.56 Å². The molecular weight excluding hydrogens is 260 g/mol. The van der Waals surface area contributed by atoms with Gasteiger partial charge < -0.3 is 9.63 Å². The van der Waals surface area contributed by atoms with Crippen molar-refractivity contribution in [1.82, 2.24) is 10.1 Å².